The van der Waals surface area contributed by atoms with Crippen LogP contribution in [0.2, 0.25) is 0 Å². The predicted octanol–water partition coefficient (Wildman–Crippen LogP) is 0.00220. The van der Waals surface area contributed by atoms with Gasteiger partial charge in [-0.2, -0.15) is 0 Å². The molecule has 2 aliphatic heterocycles. The molecule has 2 N–H and O–H groups in total. The molecule has 2 saturated heterocycles. The van der Waals surface area contributed by atoms with Crippen molar-refractivity contribution >= 4 is 11.9 Å². The number of carbonyl (C=O) groups excluding carboxylic acids is 2. The van der Waals surface area contributed by atoms with Crippen LogP contribution in [0.4, 0.5) is 4.79 Å². The number of urea groups is 1. The van der Waals surface area contributed by atoms with Gasteiger partial charge in [0, 0.05) is 19.1 Å². The molecule has 0 spiro atoms. The molecule has 0 aliphatic carbocycles. The zero-order valence-corrected chi connectivity index (χ0v) is 11.7. The Kier molecular flexibility index (Phi) is 5.15. The van der Waals surface area contributed by atoms with Crippen LogP contribution in [0.3, 0.4) is 0 Å². The number of imide groups is 1. The molecule has 0 bridgehead atoms. The van der Waals surface area contributed by atoms with Crippen LogP contribution in [0.15, 0.2) is 0 Å². The third kappa shape index (κ3) is 3.67. The minimum Gasteiger partial charge on any atom is -0.336 e. The second-order valence-electron chi connectivity index (χ2n) is 5.23. The van der Waals surface area contributed by atoms with Crippen LogP contribution in [0.25, 0.3) is 0 Å². The molecule has 2 rings (SSSR count). The quantitative estimate of drug-likeness (QED) is 0.737. The topological polar surface area (TPSA) is 64.7 Å². The van der Waals surface area contributed by atoms with Crippen LogP contribution in [0, 0.1) is 0 Å². The second-order valence-corrected chi connectivity index (χ2v) is 5.23. The number of carbonyl (C=O) groups is 2. The van der Waals surface area contributed by atoms with Crippen molar-refractivity contribution in [2.45, 2.75) is 32.2 Å². The summed E-state index contributed by atoms with van der Waals surface area (Å²) >= 11 is 0. The van der Waals surface area contributed by atoms with E-state index in [1.54, 1.807) is 0 Å². The van der Waals surface area contributed by atoms with E-state index in [1.807, 2.05) is 0 Å². The highest BCUT2D eigenvalue weighted by Gasteiger charge is 2.29. The molecule has 0 aromatic carbocycles. The Morgan fingerprint density at radius 1 is 1.37 bits per heavy atom. The lowest BCUT2D eigenvalue weighted by Crippen LogP contribution is -2.49. The van der Waals surface area contributed by atoms with E-state index in [1.165, 1.54) is 4.90 Å². The molecule has 2 fully saturated rings. The van der Waals surface area contributed by atoms with E-state index in [0.29, 0.717) is 25.7 Å². The Morgan fingerprint density at radius 3 is 2.68 bits per heavy atom. The minimum absolute atomic E-state index is 0.0676. The number of piperidine rings is 1. The maximum absolute atomic E-state index is 12.2. The van der Waals surface area contributed by atoms with Crippen molar-refractivity contribution in [3.8, 4) is 0 Å². The fourth-order valence-corrected chi connectivity index (χ4v) is 2.82. The first-order valence-electron chi connectivity index (χ1n) is 7.25. The van der Waals surface area contributed by atoms with Crippen molar-refractivity contribution in [3.63, 3.8) is 0 Å². The lowest BCUT2D eigenvalue weighted by Gasteiger charge is -2.34. The van der Waals surface area contributed by atoms with Gasteiger partial charge in [0.15, 0.2) is 0 Å². The van der Waals surface area contributed by atoms with E-state index in [9.17, 15) is 9.59 Å². The molecule has 6 nitrogen and oxygen atoms in total. The Labute approximate surface area is 114 Å². The van der Waals surface area contributed by atoms with Gasteiger partial charge in [0.2, 0.25) is 5.91 Å². The molecule has 3 amide bonds. The van der Waals surface area contributed by atoms with Crippen molar-refractivity contribution in [1.29, 1.82) is 0 Å². The molecule has 0 aromatic heterocycles. The average molecular weight is 268 g/mol. The van der Waals surface area contributed by atoms with Crippen LogP contribution in [-0.2, 0) is 4.79 Å². The van der Waals surface area contributed by atoms with Crippen molar-refractivity contribution in [2.75, 3.05) is 39.3 Å². The van der Waals surface area contributed by atoms with E-state index >= 15 is 0 Å². The maximum atomic E-state index is 12.2. The molecule has 0 saturated carbocycles. The van der Waals surface area contributed by atoms with Gasteiger partial charge in [0.25, 0.3) is 0 Å². The Bertz CT molecular complexity index is 329. The molecule has 6 heteroatoms. The van der Waals surface area contributed by atoms with Crippen LogP contribution < -0.4 is 10.6 Å². The predicted molar refractivity (Wildman–Crippen MR) is 72.9 cm³/mol. The SMILES string of the molecule is CCCN(CC(=O)N1CCNC1=O)C1CCNCC1. The van der Waals surface area contributed by atoms with E-state index in [4.69, 9.17) is 0 Å². The molecule has 108 valence electrons. The number of hydrogen-bond donors (Lipinski definition) is 2. The fraction of sp³-hybridized carbons (Fsp3) is 0.846. The van der Waals surface area contributed by atoms with Crippen LogP contribution in [-0.4, -0.2) is 67.0 Å². The first kappa shape index (κ1) is 14.3. The van der Waals surface area contributed by atoms with E-state index in [0.717, 1.165) is 38.9 Å². The lowest BCUT2D eigenvalue weighted by molar-refractivity contribution is -0.129. The number of hydrogen-bond acceptors (Lipinski definition) is 4. The van der Waals surface area contributed by atoms with Gasteiger partial charge in [0.1, 0.15) is 0 Å². The summed E-state index contributed by atoms with van der Waals surface area (Å²) in [6, 6.07) is 0.225. The van der Waals surface area contributed by atoms with Gasteiger partial charge in [-0.1, -0.05) is 6.92 Å². The van der Waals surface area contributed by atoms with Crippen LogP contribution in [0.1, 0.15) is 26.2 Å². The highest BCUT2D eigenvalue weighted by Crippen LogP contribution is 2.13. The Hall–Kier alpha value is -1.14. The Balaban J connectivity index is 1.91. The van der Waals surface area contributed by atoms with E-state index in [2.05, 4.69) is 22.5 Å². The molecule has 0 radical (unpaired) electrons. The second kappa shape index (κ2) is 6.86. The number of nitrogens with one attached hydrogen (secondary N) is 2. The maximum Gasteiger partial charge on any atom is 0.324 e. The van der Waals surface area contributed by atoms with Crippen LogP contribution >= 0.6 is 0 Å². The molecule has 0 unspecified atom stereocenters. The van der Waals surface area contributed by atoms with Crippen LogP contribution in [0.5, 0.6) is 0 Å². The summed E-state index contributed by atoms with van der Waals surface area (Å²) < 4.78 is 0. The van der Waals surface area contributed by atoms with Crippen molar-refractivity contribution in [1.82, 2.24) is 20.4 Å². The van der Waals surface area contributed by atoms with Gasteiger partial charge >= 0.3 is 6.03 Å². The zero-order chi connectivity index (χ0) is 13.7. The first-order valence-corrected chi connectivity index (χ1v) is 7.25. The first-order chi connectivity index (χ1) is 9.22. The summed E-state index contributed by atoms with van der Waals surface area (Å²) in [5.41, 5.74) is 0. The third-order valence-electron chi connectivity index (χ3n) is 3.83. The van der Waals surface area contributed by atoms with Crippen molar-refractivity contribution in [3.05, 3.63) is 0 Å². The van der Waals surface area contributed by atoms with Gasteiger partial charge in [-0.15, -0.1) is 0 Å². The average Bonchev–Trinajstić information content (AvgIpc) is 2.85. The molecular formula is C13H24N4O2. The fourth-order valence-electron chi connectivity index (χ4n) is 2.82. The number of amides is 3. The highest BCUT2D eigenvalue weighted by molar-refractivity contribution is 5.96. The lowest BCUT2D eigenvalue weighted by atomic mass is 10.0. The number of nitrogens with zero attached hydrogens (tertiary/aromatic N) is 2. The Morgan fingerprint density at radius 2 is 2.11 bits per heavy atom. The molecule has 19 heavy (non-hydrogen) atoms. The van der Waals surface area contributed by atoms with Gasteiger partial charge in [-0.25, -0.2) is 4.79 Å². The molecule has 2 heterocycles. The highest BCUT2D eigenvalue weighted by atomic mass is 16.2. The van der Waals surface area contributed by atoms with Gasteiger partial charge in [0.05, 0.1) is 6.54 Å². The largest absolute Gasteiger partial charge is 0.336 e. The summed E-state index contributed by atoms with van der Waals surface area (Å²) in [4.78, 5) is 27.3. The smallest absolute Gasteiger partial charge is 0.324 e. The number of rotatable bonds is 5. The summed E-state index contributed by atoms with van der Waals surface area (Å²) in [5, 5.41) is 6.01. The normalized spacial score (nSPS) is 20.9. The van der Waals surface area contributed by atoms with E-state index < -0.39 is 0 Å². The molecule has 0 aromatic rings. The summed E-state index contributed by atoms with van der Waals surface area (Å²) in [5.74, 6) is -0.0676. The van der Waals surface area contributed by atoms with Gasteiger partial charge in [-0.3, -0.25) is 14.6 Å². The summed E-state index contributed by atoms with van der Waals surface area (Å²) in [7, 11) is 0. The molecule has 2 aliphatic rings. The van der Waals surface area contributed by atoms with Crippen molar-refractivity contribution < 1.29 is 9.59 Å². The van der Waals surface area contributed by atoms with E-state index in [-0.39, 0.29) is 11.9 Å². The monoisotopic (exact) mass is 268 g/mol. The molecular weight excluding hydrogens is 244 g/mol. The van der Waals surface area contributed by atoms with Gasteiger partial charge < -0.3 is 10.6 Å². The van der Waals surface area contributed by atoms with Gasteiger partial charge in [-0.05, 0) is 38.9 Å². The van der Waals surface area contributed by atoms with Crippen molar-refractivity contribution in [2.24, 2.45) is 0 Å². The summed E-state index contributed by atoms with van der Waals surface area (Å²) in [6.07, 6.45) is 3.20. The summed E-state index contributed by atoms with van der Waals surface area (Å²) in [6.45, 7) is 6.53. The standard InChI is InChI=1S/C13H24N4O2/c1-2-8-16(11-3-5-14-6-4-11)10-12(18)17-9-7-15-13(17)19/h11,14H,2-10H2,1H3,(H,15,19). The zero-order valence-electron chi connectivity index (χ0n) is 11.7. The molecule has 0 atom stereocenters. The third-order valence-corrected chi connectivity index (χ3v) is 3.83. The minimum atomic E-state index is -0.244.